The van der Waals surface area contributed by atoms with Crippen molar-refractivity contribution in [2.75, 3.05) is 26.2 Å². The molecule has 0 amide bonds. The van der Waals surface area contributed by atoms with Crippen LogP contribution in [-0.2, 0) is 10.0 Å². The van der Waals surface area contributed by atoms with Crippen LogP contribution in [0.2, 0.25) is 5.02 Å². The van der Waals surface area contributed by atoms with E-state index in [1.165, 1.54) is 15.6 Å². The van der Waals surface area contributed by atoms with Gasteiger partial charge in [0.15, 0.2) is 0 Å². The molecule has 3 rings (SSSR count). The van der Waals surface area contributed by atoms with Crippen LogP contribution in [0, 0.1) is 0 Å². The largest absolute Gasteiger partial charge is 0.314 e. The molecule has 102 valence electrons. The average molecular weight is 317 g/mol. The van der Waals surface area contributed by atoms with Crippen LogP contribution in [0.25, 0.3) is 10.1 Å². The number of hydrogen-bond acceptors (Lipinski definition) is 4. The fourth-order valence-electron chi connectivity index (χ4n) is 2.13. The van der Waals surface area contributed by atoms with Gasteiger partial charge in [-0.25, -0.2) is 8.42 Å². The highest BCUT2D eigenvalue weighted by atomic mass is 35.5. The molecular weight excluding hydrogens is 304 g/mol. The lowest BCUT2D eigenvalue weighted by Crippen LogP contribution is -2.46. The van der Waals surface area contributed by atoms with E-state index in [4.69, 9.17) is 11.6 Å². The van der Waals surface area contributed by atoms with Gasteiger partial charge >= 0.3 is 0 Å². The van der Waals surface area contributed by atoms with Gasteiger partial charge in [-0.2, -0.15) is 4.31 Å². The van der Waals surface area contributed by atoms with Crippen LogP contribution in [-0.4, -0.2) is 38.9 Å². The Morgan fingerprint density at radius 1 is 1.21 bits per heavy atom. The zero-order chi connectivity index (χ0) is 13.5. The molecule has 1 aliphatic rings. The smallest absolute Gasteiger partial charge is 0.252 e. The second-order valence-electron chi connectivity index (χ2n) is 4.40. The normalized spacial score (nSPS) is 17.9. The minimum Gasteiger partial charge on any atom is -0.314 e. The Morgan fingerprint density at radius 2 is 1.95 bits per heavy atom. The van der Waals surface area contributed by atoms with Gasteiger partial charge in [0.2, 0.25) is 0 Å². The lowest BCUT2D eigenvalue weighted by molar-refractivity contribution is 0.361. The summed E-state index contributed by atoms with van der Waals surface area (Å²) in [5.74, 6) is 0. The Labute approximate surface area is 121 Å². The third kappa shape index (κ3) is 2.51. The fraction of sp³-hybridized carbons (Fsp3) is 0.333. The van der Waals surface area contributed by atoms with Crippen LogP contribution >= 0.6 is 22.9 Å². The summed E-state index contributed by atoms with van der Waals surface area (Å²) in [6.07, 6.45) is 0. The molecule has 0 aliphatic carbocycles. The van der Waals surface area contributed by atoms with Crippen molar-refractivity contribution in [1.29, 1.82) is 0 Å². The predicted octanol–water partition coefficient (Wildman–Crippen LogP) is 2.15. The molecule has 1 aromatic carbocycles. The Hall–Kier alpha value is -0.660. The van der Waals surface area contributed by atoms with Gasteiger partial charge in [-0.1, -0.05) is 11.6 Å². The van der Waals surface area contributed by atoms with Crippen LogP contribution in [0.5, 0.6) is 0 Å². The minimum absolute atomic E-state index is 0.395. The topological polar surface area (TPSA) is 49.4 Å². The van der Waals surface area contributed by atoms with Crippen molar-refractivity contribution in [1.82, 2.24) is 9.62 Å². The highest BCUT2D eigenvalue weighted by Crippen LogP contribution is 2.32. The number of halogens is 1. The van der Waals surface area contributed by atoms with Crippen LogP contribution in [0.15, 0.2) is 28.5 Å². The highest BCUT2D eigenvalue weighted by Gasteiger charge is 2.27. The van der Waals surface area contributed by atoms with Crippen molar-refractivity contribution in [3.63, 3.8) is 0 Å². The van der Waals surface area contributed by atoms with E-state index in [1.807, 2.05) is 6.07 Å². The molecule has 0 atom stereocenters. The molecule has 1 N–H and O–H groups in total. The second kappa shape index (κ2) is 5.03. The quantitative estimate of drug-likeness (QED) is 0.923. The molecule has 0 saturated carbocycles. The first-order chi connectivity index (χ1) is 9.07. The summed E-state index contributed by atoms with van der Waals surface area (Å²) < 4.78 is 27.9. The Balaban J connectivity index is 2.02. The number of sulfonamides is 1. The third-order valence-corrected chi connectivity index (χ3v) is 6.82. The molecule has 19 heavy (non-hydrogen) atoms. The van der Waals surface area contributed by atoms with Crippen molar-refractivity contribution >= 4 is 43.0 Å². The molecule has 2 aromatic rings. The van der Waals surface area contributed by atoms with Gasteiger partial charge in [-0.05, 0) is 29.7 Å². The van der Waals surface area contributed by atoms with Crippen LogP contribution in [0.4, 0.5) is 0 Å². The first-order valence-electron chi connectivity index (χ1n) is 5.97. The molecule has 0 radical (unpaired) electrons. The molecule has 1 aromatic heterocycles. The summed E-state index contributed by atoms with van der Waals surface area (Å²) in [6.45, 7) is 2.46. The molecule has 4 nitrogen and oxygen atoms in total. The van der Waals surface area contributed by atoms with E-state index in [1.54, 1.807) is 18.2 Å². The number of piperazine rings is 1. The predicted molar refractivity (Wildman–Crippen MR) is 78.5 cm³/mol. The van der Waals surface area contributed by atoms with Crippen molar-refractivity contribution < 1.29 is 8.42 Å². The molecule has 2 heterocycles. The minimum atomic E-state index is -3.37. The van der Waals surface area contributed by atoms with Gasteiger partial charge in [0, 0.05) is 35.9 Å². The molecule has 7 heteroatoms. The Kier molecular flexibility index (Phi) is 3.53. The third-order valence-electron chi connectivity index (χ3n) is 3.13. The number of rotatable bonds is 2. The molecule has 0 bridgehead atoms. The molecule has 1 saturated heterocycles. The van der Waals surface area contributed by atoms with Crippen molar-refractivity contribution in [3.8, 4) is 0 Å². The Bertz CT molecular complexity index is 706. The maximum Gasteiger partial charge on any atom is 0.252 e. The maximum absolute atomic E-state index is 12.5. The first kappa shape index (κ1) is 13.3. The van der Waals surface area contributed by atoms with Crippen LogP contribution in [0.3, 0.4) is 0 Å². The molecule has 0 unspecified atom stereocenters. The molecule has 1 fully saturated rings. The highest BCUT2D eigenvalue weighted by molar-refractivity contribution is 7.91. The Morgan fingerprint density at radius 3 is 2.68 bits per heavy atom. The van der Waals surface area contributed by atoms with E-state index in [9.17, 15) is 8.42 Å². The maximum atomic E-state index is 12.5. The standard InChI is InChI=1S/C12H13ClN2O2S2/c13-10-1-2-11-9(7-10)8-12(18-11)19(16,17)15-5-3-14-4-6-15/h1-2,7-8,14H,3-6H2. The van der Waals surface area contributed by atoms with Gasteiger partial charge in [0.05, 0.1) is 0 Å². The summed E-state index contributed by atoms with van der Waals surface area (Å²) in [7, 11) is -3.37. The summed E-state index contributed by atoms with van der Waals surface area (Å²) in [4.78, 5) is 0. The molecule has 0 spiro atoms. The molecular formula is C12H13ClN2O2S2. The SMILES string of the molecule is O=S(=O)(c1cc2cc(Cl)ccc2s1)N1CCNCC1. The van der Waals surface area contributed by atoms with Gasteiger partial charge in [-0.3, -0.25) is 0 Å². The molecule has 1 aliphatic heterocycles. The zero-order valence-corrected chi connectivity index (χ0v) is 12.5. The number of fused-ring (bicyclic) bond motifs is 1. The van der Waals surface area contributed by atoms with Crippen molar-refractivity contribution in [3.05, 3.63) is 29.3 Å². The summed E-state index contributed by atoms with van der Waals surface area (Å²) in [5.41, 5.74) is 0. The summed E-state index contributed by atoms with van der Waals surface area (Å²) in [6, 6.07) is 7.15. The van der Waals surface area contributed by atoms with Crippen molar-refractivity contribution in [2.45, 2.75) is 4.21 Å². The average Bonchev–Trinajstić information content (AvgIpc) is 2.83. The number of benzene rings is 1. The van der Waals surface area contributed by atoms with E-state index in [-0.39, 0.29) is 0 Å². The van der Waals surface area contributed by atoms with E-state index < -0.39 is 10.0 Å². The van der Waals surface area contributed by atoms with Gasteiger partial charge in [-0.15, -0.1) is 11.3 Å². The van der Waals surface area contributed by atoms with Gasteiger partial charge in [0.25, 0.3) is 10.0 Å². The summed E-state index contributed by atoms with van der Waals surface area (Å²) >= 11 is 7.23. The number of nitrogens with zero attached hydrogens (tertiary/aromatic N) is 1. The summed E-state index contributed by atoms with van der Waals surface area (Å²) in [5, 5.41) is 4.65. The number of nitrogens with one attached hydrogen (secondary N) is 1. The zero-order valence-electron chi connectivity index (χ0n) is 10.1. The number of thiophene rings is 1. The van der Waals surface area contributed by atoms with Crippen LogP contribution in [0.1, 0.15) is 0 Å². The second-order valence-corrected chi connectivity index (χ2v) is 8.09. The monoisotopic (exact) mass is 316 g/mol. The fourth-order valence-corrected chi connectivity index (χ4v) is 5.28. The first-order valence-corrected chi connectivity index (χ1v) is 8.61. The van der Waals surface area contributed by atoms with E-state index in [0.717, 1.165) is 10.1 Å². The lowest BCUT2D eigenvalue weighted by Gasteiger charge is -2.25. The van der Waals surface area contributed by atoms with E-state index >= 15 is 0 Å². The van der Waals surface area contributed by atoms with Crippen molar-refractivity contribution in [2.24, 2.45) is 0 Å². The van der Waals surface area contributed by atoms with Crippen LogP contribution < -0.4 is 5.32 Å². The van der Waals surface area contributed by atoms with E-state index in [2.05, 4.69) is 5.32 Å². The van der Waals surface area contributed by atoms with Gasteiger partial charge < -0.3 is 5.32 Å². The van der Waals surface area contributed by atoms with Gasteiger partial charge in [0.1, 0.15) is 4.21 Å². The lowest BCUT2D eigenvalue weighted by atomic mass is 10.3. The van der Waals surface area contributed by atoms with E-state index in [0.29, 0.717) is 35.4 Å². The number of hydrogen-bond donors (Lipinski definition) is 1.